The van der Waals surface area contributed by atoms with Crippen molar-refractivity contribution in [2.45, 2.75) is 38.3 Å². The summed E-state index contributed by atoms with van der Waals surface area (Å²) in [6, 6.07) is 0. The molecule has 0 aliphatic carbocycles. The number of carbonyl (C=O) groups is 1. The number of primary amides is 1. The van der Waals surface area contributed by atoms with E-state index in [1.807, 2.05) is 13.8 Å². The summed E-state index contributed by atoms with van der Waals surface area (Å²) in [5.74, 6) is 0. The number of rotatable bonds is 4. The Balaban J connectivity index is 2.21. The lowest BCUT2D eigenvalue weighted by Crippen LogP contribution is -2.29. The second kappa shape index (κ2) is 4.78. The molecule has 1 saturated heterocycles. The molecule has 0 saturated carbocycles. The molecule has 0 spiro atoms. The highest BCUT2D eigenvalue weighted by atomic mass is 16.7. The van der Waals surface area contributed by atoms with E-state index in [1.165, 1.54) is 0 Å². The van der Waals surface area contributed by atoms with Crippen LogP contribution >= 0.6 is 0 Å². The highest BCUT2D eigenvalue weighted by Crippen LogP contribution is 2.26. The van der Waals surface area contributed by atoms with Gasteiger partial charge in [0.15, 0.2) is 6.29 Å². The van der Waals surface area contributed by atoms with Crippen molar-refractivity contribution in [1.29, 1.82) is 0 Å². The van der Waals surface area contributed by atoms with E-state index in [9.17, 15) is 9.90 Å². The smallest absolute Gasteiger partial charge is 0.404 e. The first-order chi connectivity index (χ1) is 6.89. The van der Waals surface area contributed by atoms with Crippen LogP contribution < -0.4 is 5.73 Å². The Kier molecular flexibility index (Phi) is 3.90. The highest BCUT2D eigenvalue weighted by Gasteiger charge is 2.33. The summed E-state index contributed by atoms with van der Waals surface area (Å²) in [6.07, 6.45) is -1.56. The molecule has 1 aliphatic heterocycles. The van der Waals surface area contributed by atoms with Gasteiger partial charge in [0.2, 0.25) is 0 Å². The normalized spacial score (nSPS) is 26.2. The van der Waals surface area contributed by atoms with Crippen LogP contribution in [0.2, 0.25) is 0 Å². The van der Waals surface area contributed by atoms with Crippen LogP contribution in [-0.4, -0.2) is 42.4 Å². The number of nitrogens with two attached hydrogens (primary N) is 1. The Morgan fingerprint density at radius 2 is 2.40 bits per heavy atom. The first-order valence-electron chi connectivity index (χ1n) is 4.79. The molecule has 1 amide bonds. The predicted molar refractivity (Wildman–Crippen MR) is 51.1 cm³/mol. The van der Waals surface area contributed by atoms with Crippen molar-refractivity contribution in [1.82, 2.24) is 0 Å². The van der Waals surface area contributed by atoms with Gasteiger partial charge in [-0.25, -0.2) is 4.79 Å². The summed E-state index contributed by atoms with van der Waals surface area (Å²) in [4.78, 5) is 10.3. The minimum absolute atomic E-state index is 0.175. The van der Waals surface area contributed by atoms with Gasteiger partial charge in [-0.2, -0.15) is 0 Å². The fourth-order valence-electron chi connectivity index (χ4n) is 1.49. The molecule has 0 radical (unpaired) electrons. The largest absolute Gasteiger partial charge is 0.444 e. The minimum Gasteiger partial charge on any atom is -0.444 e. The monoisotopic (exact) mass is 219 g/mol. The zero-order valence-corrected chi connectivity index (χ0v) is 8.93. The van der Waals surface area contributed by atoms with E-state index in [0.717, 1.165) is 0 Å². The van der Waals surface area contributed by atoms with Crippen molar-refractivity contribution in [3.05, 3.63) is 0 Å². The molecule has 6 nitrogen and oxygen atoms in total. The number of amides is 1. The van der Waals surface area contributed by atoms with Gasteiger partial charge in [-0.15, -0.1) is 0 Å². The molecule has 2 atom stereocenters. The van der Waals surface area contributed by atoms with Crippen molar-refractivity contribution in [3.8, 4) is 0 Å². The molecule has 0 aromatic heterocycles. The quantitative estimate of drug-likeness (QED) is 0.648. The third kappa shape index (κ3) is 4.46. The second-order valence-electron chi connectivity index (χ2n) is 4.12. The highest BCUT2D eigenvalue weighted by molar-refractivity contribution is 5.64. The Morgan fingerprint density at radius 1 is 1.73 bits per heavy atom. The van der Waals surface area contributed by atoms with Crippen LogP contribution in [0.5, 0.6) is 0 Å². The van der Waals surface area contributed by atoms with Crippen LogP contribution in [0.1, 0.15) is 20.3 Å². The van der Waals surface area contributed by atoms with E-state index in [1.54, 1.807) is 0 Å². The molecular formula is C9H17NO5. The third-order valence-corrected chi connectivity index (χ3v) is 2.10. The lowest BCUT2D eigenvalue weighted by Gasteiger charge is -2.17. The van der Waals surface area contributed by atoms with Crippen LogP contribution in [0.25, 0.3) is 0 Å². The molecule has 0 bridgehead atoms. The standard InChI is InChI=1S/C9H17NO5/c1-9(2)3-6(4-14-9)15-7(11)5-13-8(10)12/h6-7,11H,3-5H2,1-2H3,(H2,10,12). The fourth-order valence-corrected chi connectivity index (χ4v) is 1.49. The molecule has 1 rings (SSSR count). The number of hydrogen-bond donors (Lipinski definition) is 2. The van der Waals surface area contributed by atoms with Crippen LogP contribution in [0.15, 0.2) is 0 Å². The van der Waals surface area contributed by atoms with E-state index in [4.69, 9.17) is 15.2 Å². The van der Waals surface area contributed by atoms with Gasteiger partial charge in [-0.3, -0.25) is 0 Å². The van der Waals surface area contributed by atoms with Gasteiger partial charge in [-0.1, -0.05) is 0 Å². The summed E-state index contributed by atoms with van der Waals surface area (Å²) in [5.41, 5.74) is 4.51. The van der Waals surface area contributed by atoms with Gasteiger partial charge in [0.05, 0.1) is 18.3 Å². The zero-order chi connectivity index (χ0) is 11.5. The third-order valence-electron chi connectivity index (χ3n) is 2.10. The lowest BCUT2D eigenvalue weighted by atomic mass is 10.1. The van der Waals surface area contributed by atoms with Gasteiger partial charge in [0.25, 0.3) is 0 Å². The molecule has 0 aromatic rings. The number of ether oxygens (including phenoxy) is 3. The van der Waals surface area contributed by atoms with Gasteiger partial charge < -0.3 is 25.1 Å². The first-order valence-corrected chi connectivity index (χ1v) is 4.79. The van der Waals surface area contributed by atoms with Gasteiger partial charge in [0, 0.05) is 6.42 Å². The Morgan fingerprint density at radius 3 is 2.87 bits per heavy atom. The summed E-state index contributed by atoms with van der Waals surface area (Å²) in [6.45, 7) is 4.07. The van der Waals surface area contributed by atoms with E-state index in [-0.39, 0.29) is 18.3 Å². The average molecular weight is 219 g/mol. The number of carbonyl (C=O) groups excluding carboxylic acids is 1. The SMILES string of the molecule is CC1(C)CC(OC(O)COC(N)=O)CO1. The molecule has 88 valence electrons. The minimum atomic E-state index is -1.15. The van der Waals surface area contributed by atoms with Crippen molar-refractivity contribution in [2.24, 2.45) is 5.73 Å². The summed E-state index contributed by atoms with van der Waals surface area (Å²) >= 11 is 0. The molecule has 1 heterocycles. The molecular weight excluding hydrogens is 202 g/mol. The van der Waals surface area contributed by atoms with Gasteiger partial charge in [0.1, 0.15) is 6.61 Å². The summed E-state index contributed by atoms with van der Waals surface area (Å²) in [7, 11) is 0. The topological polar surface area (TPSA) is 91.0 Å². The lowest BCUT2D eigenvalue weighted by molar-refractivity contribution is -0.154. The van der Waals surface area contributed by atoms with Crippen LogP contribution in [0.3, 0.4) is 0 Å². The fraction of sp³-hybridized carbons (Fsp3) is 0.889. The van der Waals surface area contributed by atoms with Crippen LogP contribution in [0, 0.1) is 0 Å². The molecule has 1 fully saturated rings. The molecule has 3 N–H and O–H groups in total. The molecule has 0 aromatic carbocycles. The van der Waals surface area contributed by atoms with Gasteiger partial charge >= 0.3 is 6.09 Å². The average Bonchev–Trinajstić information content (AvgIpc) is 2.42. The predicted octanol–water partition coefficient (Wildman–Crippen LogP) is -0.0158. The van der Waals surface area contributed by atoms with Crippen molar-refractivity contribution in [2.75, 3.05) is 13.2 Å². The summed E-state index contributed by atoms with van der Waals surface area (Å²) in [5, 5.41) is 9.32. The van der Waals surface area contributed by atoms with Crippen molar-refractivity contribution < 1.29 is 24.1 Å². The van der Waals surface area contributed by atoms with E-state index >= 15 is 0 Å². The second-order valence-corrected chi connectivity index (χ2v) is 4.12. The molecule has 1 aliphatic rings. The summed E-state index contributed by atoms with van der Waals surface area (Å²) < 4.78 is 15.0. The Bertz CT molecular complexity index is 231. The van der Waals surface area contributed by atoms with Crippen molar-refractivity contribution in [3.63, 3.8) is 0 Å². The molecule has 6 heteroatoms. The van der Waals surface area contributed by atoms with Crippen molar-refractivity contribution >= 4 is 6.09 Å². The number of hydrogen-bond acceptors (Lipinski definition) is 5. The van der Waals surface area contributed by atoms with E-state index in [2.05, 4.69) is 4.74 Å². The maximum absolute atomic E-state index is 10.3. The maximum Gasteiger partial charge on any atom is 0.404 e. The number of aliphatic hydroxyl groups excluding tert-OH is 1. The Labute approximate surface area is 88.3 Å². The van der Waals surface area contributed by atoms with E-state index < -0.39 is 12.4 Å². The first kappa shape index (κ1) is 12.2. The van der Waals surface area contributed by atoms with E-state index in [0.29, 0.717) is 13.0 Å². The van der Waals surface area contributed by atoms with Gasteiger partial charge in [-0.05, 0) is 13.8 Å². The van der Waals surface area contributed by atoms with Crippen LogP contribution in [-0.2, 0) is 14.2 Å². The van der Waals surface area contributed by atoms with Crippen LogP contribution in [0.4, 0.5) is 4.79 Å². The zero-order valence-electron chi connectivity index (χ0n) is 8.93. The molecule has 15 heavy (non-hydrogen) atoms. The maximum atomic E-state index is 10.3. The number of aliphatic hydroxyl groups is 1. The molecule has 2 unspecified atom stereocenters. The Hall–Kier alpha value is -0.850.